The summed E-state index contributed by atoms with van der Waals surface area (Å²) in [7, 11) is 0. The summed E-state index contributed by atoms with van der Waals surface area (Å²) in [5, 5.41) is 0. The van der Waals surface area contributed by atoms with Crippen LogP contribution < -0.4 is 9.64 Å². The Morgan fingerprint density at radius 2 is 2.04 bits per heavy atom. The van der Waals surface area contributed by atoms with Crippen molar-refractivity contribution in [2.75, 3.05) is 11.5 Å². The molecule has 1 heterocycles. The SMILES string of the molecule is CCCOc1cccc(C(=O)N2c3ccccc3CC[C@H]2C)c1. The van der Waals surface area contributed by atoms with Crippen LogP contribution in [-0.2, 0) is 6.42 Å². The van der Waals surface area contributed by atoms with Crippen molar-refractivity contribution in [3.05, 3.63) is 59.7 Å². The van der Waals surface area contributed by atoms with Crippen LogP contribution in [0.15, 0.2) is 48.5 Å². The van der Waals surface area contributed by atoms with Gasteiger partial charge in [0.25, 0.3) is 5.91 Å². The molecule has 0 radical (unpaired) electrons. The molecule has 0 spiro atoms. The van der Waals surface area contributed by atoms with Gasteiger partial charge < -0.3 is 9.64 Å². The van der Waals surface area contributed by atoms with E-state index in [1.54, 1.807) is 0 Å². The number of anilines is 1. The maximum absolute atomic E-state index is 13.1. The van der Waals surface area contributed by atoms with E-state index < -0.39 is 0 Å². The summed E-state index contributed by atoms with van der Waals surface area (Å²) in [4.78, 5) is 15.0. The third-order valence-electron chi connectivity index (χ3n) is 4.30. The van der Waals surface area contributed by atoms with Gasteiger partial charge in [-0.15, -0.1) is 0 Å². The Kier molecular flexibility index (Phi) is 4.65. The minimum absolute atomic E-state index is 0.0478. The lowest BCUT2D eigenvalue weighted by Gasteiger charge is -2.35. The van der Waals surface area contributed by atoms with Crippen LogP contribution in [0.1, 0.15) is 42.6 Å². The second kappa shape index (κ2) is 6.86. The third kappa shape index (κ3) is 3.24. The Labute approximate surface area is 137 Å². The van der Waals surface area contributed by atoms with Crippen molar-refractivity contribution in [1.82, 2.24) is 0 Å². The highest BCUT2D eigenvalue weighted by atomic mass is 16.5. The zero-order chi connectivity index (χ0) is 16.2. The first kappa shape index (κ1) is 15.6. The second-order valence-corrected chi connectivity index (χ2v) is 6.07. The number of hydrogen-bond acceptors (Lipinski definition) is 2. The van der Waals surface area contributed by atoms with Gasteiger partial charge in [-0.25, -0.2) is 0 Å². The van der Waals surface area contributed by atoms with Crippen molar-refractivity contribution in [1.29, 1.82) is 0 Å². The Morgan fingerprint density at radius 3 is 2.87 bits per heavy atom. The summed E-state index contributed by atoms with van der Waals surface area (Å²) < 4.78 is 5.66. The van der Waals surface area contributed by atoms with Gasteiger partial charge in [0.15, 0.2) is 0 Å². The van der Waals surface area contributed by atoms with Crippen molar-refractivity contribution in [2.24, 2.45) is 0 Å². The Hall–Kier alpha value is -2.29. The lowest BCUT2D eigenvalue weighted by Crippen LogP contribution is -2.42. The predicted octanol–water partition coefficient (Wildman–Crippen LogP) is 4.46. The largest absolute Gasteiger partial charge is 0.494 e. The standard InChI is InChI=1S/C20H23NO2/c1-3-13-23-18-9-6-8-17(14-18)20(22)21-15(2)11-12-16-7-4-5-10-19(16)21/h4-10,14-15H,3,11-13H2,1-2H3/t15-/m1/s1. The number of rotatable bonds is 4. The van der Waals surface area contributed by atoms with Crippen LogP contribution in [0, 0.1) is 0 Å². The summed E-state index contributed by atoms with van der Waals surface area (Å²) in [6, 6.07) is 15.9. The van der Waals surface area contributed by atoms with Crippen LogP contribution >= 0.6 is 0 Å². The minimum Gasteiger partial charge on any atom is -0.494 e. The summed E-state index contributed by atoms with van der Waals surface area (Å²) in [5.74, 6) is 0.808. The number of nitrogens with zero attached hydrogens (tertiary/aromatic N) is 1. The molecule has 1 aliphatic heterocycles. The third-order valence-corrected chi connectivity index (χ3v) is 4.30. The monoisotopic (exact) mass is 309 g/mol. The van der Waals surface area contributed by atoms with Crippen molar-refractivity contribution < 1.29 is 9.53 Å². The van der Waals surface area contributed by atoms with Crippen molar-refractivity contribution >= 4 is 11.6 Å². The molecule has 2 aromatic carbocycles. The molecule has 3 heteroatoms. The highest BCUT2D eigenvalue weighted by molar-refractivity contribution is 6.07. The van der Waals surface area contributed by atoms with Crippen LogP contribution in [0.5, 0.6) is 5.75 Å². The number of hydrogen-bond donors (Lipinski definition) is 0. The van der Waals surface area contributed by atoms with Crippen LogP contribution in [0.4, 0.5) is 5.69 Å². The highest BCUT2D eigenvalue weighted by Crippen LogP contribution is 2.32. The maximum atomic E-state index is 13.1. The van der Waals surface area contributed by atoms with Crippen molar-refractivity contribution in [3.63, 3.8) is 0 Å². The van der Waals surface area contributed by atoms with E-state index in [4.69, 9.17) is 4.74 Å². The molecule has 3 rings (SSSR count). The smallest absolute Gasteiger partial charge is 0.258 e. The number of benzene rings is 2. The van der Waals surface area contributed by atoms with E-state index in [0.717, 1.165) is 30.7 Å². The van der Waals surface area contributed by atoms with E-state index in [-0.39, 0.29) is 11.9 Å². The number of ether oxygens (including phenoxy) is 1. The zero-order valence-corrected chi connectivity index (χ0v) is 13.8. The van der Waals surface area contributed by atoms with E-state index >= 15 is 0 Å². The molecule has 3 nitrogen and oxygen atoms in total. The average molecular weight is 309 g/mol. The Balaban J connectivity index is 1.91. The second-order valence-electron chi connectivity index (χ2n) is 6.07. The molecule has 0 N–H and O–H groups in total. The molecule has 1 amide bonds. The molecule has 0 aromatic heterocycles. The van der Waals surface area contributed by atoms with E-state index in [0.29, 0.717) is 12.2 Å². The Morgan fingerprint density at radius 1 is 1.22 bits per heavy atom. The molecule has 23 heavy (non-hydrogen) atoms. The molecule has 0 fully saturated rings. The van der Waals surface area contributed by atoms with Crippen LogP contribution in [0.25, 0.3) is 0 Å². The molecular weight excluding hydrogens is 286 g/mol. The van der Waals surface area contributed by atoms with Crippen LogP contribution in [0.2, 0.25) is 0 Å². The first-order chi connectivity index (χ1) is 11.2. The lowest BCUT2D eigenvalue weighted by atomic mass is 9.95. The Bertz CT molecular complexity index is 696. The molecule has 120 valence electrons. The quantitative estimate of drug-likeness (QED) is 0.834. The van der Waals surface area contributed by atoms with Gasteiger partial charge in [0.05, 0.1) is 6.61 Å². The summed E-state index contributed by atoms with van der Waals surface area (Å²) in [6.07, 6.45) is 2.98. The number of carbonyl (C=O) groups excluding carboxylic acids is 1. The molecular formula is C20H23NO2. The van der Waals surface area contributed by atoms with Gasteiger partial charge >= 0.3 is 0 Å². The fraction of sp³-hybridized carbons (Fsp3) is 0.350. The molecule has 2 aromatic rings. The van der Waals surface area contributed by atoms with Gasteiger partial charge in [-0.1, -0.05) is 31.2 Å². The van der Waals surface area contributed by atoms with Gasteiger partial charge in [0.1, 0.15) is 5.75 Å². The number of fused-ring (bicyclic) bond motifs is 1. The van der Waals surface area contributed by atoms with Crippen molar-refractivity contribution in [2.45, 2.75) is 39.2 Å². The van der Waals surface area contributed by atoms with E-state index in [2.05, 4.69) is 19.9 Å². The molecule has 0 aliphatic carbocycles. The summed E-state index contributed by atoms with van der Waals surface area (Å²) >= 11 is 0. The zero-order valence-electron chi connectivity index (χ0n) is 13.8. The molecule has 1 atom stereocenters. The maximum Gasteiger partial charge on any atom is 0.258 e. The number of carbonyl (C=O) groups is 1. The topological polar surface area (TPSA) is 29.5 Å². The molecule has 0 unspecified atom stereocenters. The predicted molar refractivity (Wildman–Crippen MR) is 93.3 cm³/mol. The fourth-order valence-electron chi connectivity index (χ4n) is 3.08. The van der Waals surface area contributed by atoms with Gasteiger partial charge in [-0.2, -0.15) is 0 Å². The first-order valence-electron chi connectivity index (χ1n) is 8.35. The number of para-hydroxylation sites is 1. The normalized spacial score (nSPS) is 16.8. The highest BCUT2D eigenvalue weighted by Gasteiger charge is 2.28. The molecule has 0 saturated heterocycles. The van der Waals surface area contributed by atoms with Gasteiger partial charge in [-0.3, -0.25) is 4.79 Å². The molecule has 0 bridgehead atoms. The minimum atomic E-state index is 0.0478. The van der Waals surface area contributed by atoms with E-state index in [1.807, 2.05) is 47.4 Å². The van der Waals surface area contributed by atoms with Crippen LogP contribution in [0.3, 0.4) is 0 Å². The lowest BCUT2D eigenvalue weighted by molar-refractivity contribution is 0.0974. The number of amides is 1. The summed E-state index contributed by atoms with van der Waals surface area (Å²) in [5.41, 5.74) is 2.97. The van der Waals surface area contributed by atoms with E-state index in [1.165, 1.54) is 5.56 Å². The first-order valence-corrected chi connectivity index (χ1v) is 8.35. The fourth-order valence-corrected chi connectivity index (χ4v) is 3.08. The molecule has 1 aliphatic rings. The summed E-state index contributed by atoms with van der Waals surface area (Å²) in [6.45, 7) is 4.85. The van der Waals surface area contributed by atoms with E-state index in [9.17, 15) is 4.79 Å². The number of aryl methyl sites for hydroxylation is 1. The van der Waals surface area contributed by atoms with Gasteiger partial charge in [0.2, 0.25) is 0 Å². The van der Waals surface area contributed by atoms with Crippen LogP contribution in [-0.4, -0.2) is 18.6 Å². The van der Waals surface area contributed by atoms with Gasteiger partial charge in [0, 0.05) is 17.3 Å². The average Bonchev–Trinajstić information content (AvgIpc) is 2.59. The van der Waals surface area contributed by atoms with Crippen molar-refractivity contribution in [3.8, 4) is 5.75 Å². The van der Waals surface area contributed by atoms with Gasteiger partial charge in [-0.05, 0) is 56.0 Å². The molecule has 0 saturated carbocycles.